The van der Waals surface area contributed by atoms with Crippen molar-refractivity contribution in [2.24, 2.45) is 0 Å². The molecule has 2 heteroatoms. The van der Waals surface area contributed by atoms with Crippen molar-refractivity contribution in [3.8, 4) is 6.07 Å². The van der Waals surface area contributed by atoms with Crippen LogP contribution in [0.1, 0.15) is 31.4 Å². The summed E-state index contributed by atoms with van der Waals surface area (Å²) in [5.74, 6) is 0. The van der Waals surface area contributed by atoms with Gasteiger partial charge in [-0.2, -0.15) is 5.26 Å². The first-order chi connectivity index (χ1) is 7.27. The van der Waals surface area contributed by atoms with Crippen molar-refractivity contribution in [1.82, 2.24) is 0 Å². The van der Waals surface area contributed by atoms with Crippen LogP contribution in [0.5, 0.6) is 0 Å². The van der Waals surface area contributed by atoms with Crippen LogP contribution in [-0.2, 0) is 6.42 Å². The second kappa shape index (κ2) is 3.94. The van der Waals surface area contributed by atoms with E-state index in [0.29, 0.717) is 6.04 Å². The van der Waals surface area contributed by atoms with Gasteiger partial charge in [-0.3, -0.25) is 0 Å². The van der Waals surface area contributed by atoms with Crippen LogP contribution in [0.15, 0.2) is 18.2 Å². The van der Waals surface area contributed by atoms with Gasteiger partial charge in [-0.05, 0) is 37.5 Å². The van der Waals surface area contributed by atoms with Crippen molar-refractivity contribution in [2.45, 2.75) is 32.7 Å². The van der Waals surface area contributed by atoms with Crippen molar-refractivity contribution in [2.75, 3.05) is 11.4 Å². The summed E-state index contributed by atoms with van der Waals surface area (Å²) in [6, 6.07) is 8.88. The normalized spacial score (nSPS) is 15.9. The van der Waals surface area contributed by atoms with Gasteiger partial charge in [-0.25, -0.2) is 0 Å². The predicted octanol–water partition coefficient (Wildman–Crippen LogP) is 2.72. The third kappa shape index (κ3) is 1.59. The monoisotopic (exact) mass is 200 g/mol. The molecular formula is C13H16N2. The summed E-state index contributed by atoms with van der Waals surface area (Å²) in [7, 11) is 0. The molecule has 1 aliphatic rings. The minimum Gasteiger partial charge on any atom is -0.368 e. The summed E-state index contributed by atoms with van der Waals surface area (Å²) < 4.78 is 0. The van der Waals surface area contributed by atoms with Crippen LogP contribution in [0.2, 0.25) is 0 Å². The van der Waals surface area contributed by atoms with Crippen molar-refractivity contribution in [3.05, 3.63) is 29.3 Å². The maximum Gasteiger partial charge on any atom is 0.0995 e. The molecule has 0 spiro atoms. The lowest BCUT2D eigenvalue weighted by Crippen LogP contribution is -2.30. The van der Waals surface area contributed by atoms with Gasteiger partial charge in [0.1, 0.15) is 0 Å². The van der Waals surface area contributed by atoms with Gasteiger partial charge in [0.15, 0.2) is 0 Å². The number of benzene rings is 1. The Morgan fingerprint density at radius 2 is 2.33 bits per heavy atom. The molecule has 0 amide bonds. The van der Waals surface area contributed by atoms with Crippen LogP contribution in [-0.4, -0.2) is 12.6 Å². The van der Waals surface area contributed by atoms with Gasteiger partial charge in [0.2, 0.25) is 0 Å². The standard InChI is InChI=1S/C13H16N2/c1-3-10(2)15-8-7-12-11(9-14)5-4-6-13(12)15/h4-6,10H,3,7-8H2,1-2H3. The molecule has 0 saturated carbocycles. The molecule has 2 rings (SSSR count). The van der Waals surface area contributed by atoms with Gasteiger partial charge >= 0.3 is 0 Å². The van der Waals surface area contributed by atoms with E-state index in [0.717, 1.165) is 24.9 Å². The number of anilines is 1. The molecule has 1 atom stereocenters. The Morgan fingerprint density at radius 1 is 1.53 bits per heavy atom. The molecule has 0 bridgehead atoms. The fourth-order valence-corrected chi connectivity index (χ4v) is 2.24. The number of nitriles is 1. The van der Waals surface area contributed by atoms with E-state index in [1.54, 1.807) is 0 Å². The van der Waals surface area contributed by atoms with Crippen molar-refractivity contribution in [3.63, 3.8) is 0 Å². The molecule has 2 nitrogen and oxygen atoms in total. The average molecular weight is 200 g/mol. The van der Waals surface area contributed by atoms with Crippen LogP contribution >= 0.6 is 0 Å². The lowest BCUT2D eigenvalue weighted by atomic mass is 10.1. The molecule has 0 aromatic heterocycles. The SMILES string of the molecule is CCC(C)N1CCc2c(C#N)cccc21. The Hall–Kier alpha value is -1.49. The third-order valence-corrected chi connectivity index (χ3v) is 3.31. The highest BCUT2D eigenvalue weighted by Crippen LogP contribution is 2.32. The van der Waals surface area contributed by atoms with E-state index in [4.69, 9.17) is 5.26 Å². The van der Waals surface area contributed by atoms with E-state index < -0.39 is 0 Å². The predicted molar refractivity (Wildman–Crippen MR) is 62.0 cm³/mol. The number of rotatable bonds is 2. The summed E-state index contributed by atoms with van der Waals surface area (Å²) in [6.45, 7) is 5.51. The fourth-order valence-electron chi connectivity index (χ4n) is 2.24. The highest BCUT2D eigenvalue weighted by atomic mass is 15.2. The van der Waals surface area contributed by atoms with E-state index in [9.17, 15) is 0 Å². The van der Waals surface area contributed by atoms with Crippen molar-refractivity contribution in [1.29, 1.82) is 5.26 Å². The molecule has 1 unspecified atom stereocenters. The molecule has 0 N–H and O–H groups in total. The topological polar surface area (TPSA) is 27.0 Å². The van der Waals surface area contributed by atoms with E-state index in [2.05, 4.69) is 30.9 Å². The van der Waals surface area contributed by atoms with Gasteiger partial charge in [-0.1, -0.05) is 13.0 Å². The molecular weight excluding hydrogens is 184 g/mol. The molecule has 1 aliphatic heterocycles. The van der Waals surface area contributed by atoms with Gasteiger partial charge in [-0.15, -0.1) is 0 Å². The molecule has 0 saturated heterocycles. The molecule has 1 aromatic carbocycles. The first-order valence-corrected chi connectivity index (χ1v) is 5.56. The maximum absolute atomic E-state index is 9.02. The molecule has 1 aromatic rings. The molecule has 15 heavy (non-hydrogen) atoms. The highest BCUT2D eigenvalue weighted by molar-refractivity contribution is 5.63. The Morgan fingerprint density at radius 3 is 3.00 bits per heavy atom. The van der Waals surface area contributed by atoms with E-state index >= 15 is 0 Å². The molecule has 78 valence electrons. The minimum atomic E-state index is 0.570. The van der Waals surface area contributed by atoms with E-state index in [-0.39, 0.29) is 0 Å². The van der Waals surface area contributed by atoms with Crippen molar-refractivity contribution < 1.29 is 0 Å². The summed E-state index contributed by atoms with van der Waals surface area (Å²) in [5.41, 5.74) is 3.35. The van der Waals surface area contributed by atoms with Gasteiger partial charge < -0.3 is 4.90 Å². The number of hydrogen-bond acceptors (Lipinski definition) is 2. The maximum atomic E-state index is 9.02. The van der Waals surface area contributed by atoms with Crippen molar-refractivity contribution >= 4 is 5.69 Å². The van der Waals surface area contributed by atoms with Crippen LogP contribution in [0.3, 0.4) is 0 Å². The quantitative estimate of drug-likeness (QED) is 0.734. The first-order valence-electron chi connectivity index (χ1n) is 5.56. The lowest BCUT2D eigenvalue weighted by Gasteiger charge is -2.26. The average Bonchev–Trinajstić information content (AvgIpc) is 2.71. The highest BCUT2D eigenvalue weighted by Gasteiger charge is 2.24. The smallest absolute Gasteiger partial charge is 0.0995 e. The minimum absolute atomic E-state index is 0.570. The molecule has 1 heterocycles. The molecule has 0 fully saturated rings. The van der Waals surface area contributed by atoms with Crippen LogP contribution in [0.4, 0.5) is 5.69 Å². The Kier molecular flexibility index (Phi) is 2.64. The summed E-state index contributed by atoms with van der Waals surface area (Å²) in [4.78, 5) is 2.41. The van der Waals surface area contributed by atoms with E-state index in [1.165, 1.54) is 11.3 Å². The second-order valence-electron chi connectivity index (χ2n) is 4.12. The Balaban J connectivity index is 2.40. The van der Waals surface area contributed by atoms with Crippen LogP contribution < -0.4 is 4.90 Å². The second-order valence-corrected chi connectivity index (χ2v) is 4.12. The van der Waals surface area contributed by atoms with Crippen LogP contribution in [0, 0.1) is 11.3 Å². The van der Waals surface area contributed by atoms with E-state index in [1.807, 2.05) is 12.1 Å². The largest absolute Gasteiger partial charge is 0.368 e. The van der Waals surface area contributed by atoms with Gasteiger partial charge in [0.05, 0.1) is 11.6 Å². The lowest BCUT2D eigenvalue weighted by molar-refractivity contribution is 0.635. The zero-order valence-corrected chi connectivity index (χ0v) is 9.33. The van der Waals surface area contributed by atoms with Gasteiger partial charge in [0, 0.05) is 18.3 Å². The zero-order valence-electron chi connectivity index (χ0n) is 9.33. The Bertz CT molecular complexity index is 403. The third-order valence-electron chi connectivity index (χ3n) is 3.31. The number of fused-ring (bicyclic) bond motifs is 1. The van der Waals surface area contributed by atoms with Gasteiger partial charge in [0.25, 0.3) is 0 Å². The first kappa shape index (κ1) is 10.0. The summed E-state index contributed by atoms with van der Waals surface area (Å²) >= 11 is 0. The molecule has 0 radical (unpaired) electrons. The zero-order chi connectivity index (χ0) is 10.8. The molecule has 0 aliphatic carbocycles. The fraction of sp³-hybridized carbons (Fsp3) is 0.462. The number of nitrogens with zero attached hydrogens (tertiary/aromatic N) is 2. The Labute approximate surface area is 91.1 Å². The van der Waals surface area contributed by atoms with Crippen LogP contribution in [0.25, 0.3) is 0 Å². The summed E-state index contributed by atoms with van der Waals surface area (Å²) in [5, 5.41) is 9.02. The number of hydrogen-bond donors (Lipinski definition) is 0. The summed E-state index contributed by atoms with van der Waals surface area (Å²) in [6.07, 6.45) is 2.17.